The molecule has 0 aliphatic carbocycles. The van der Waals surface area contributed by atoms with Gasteiger partial charge in [-0.05, 0) is 23.8 Å². The lowest BCUT2D eigenvalue weighted by Crippen LogP contribution is -2.12. The molecule has 1 unspecified atom stereocenters. The van der Waals surface area contributed by atoms with Crippen LogP contribution >= 0.6 is 11.6 Å². The van der Waals surface area contributed by atoms with Crippen LogP contribution in [0.25, 0.3) is 0 Å². The summed E-state index contributed by atoms with van der Waals surface area (Å²) in [5, 5.41) is 10.4. The fourth-order valence-electron chi connectivity index (χ4n) is 1.54. The first-order valence-corrected chi connectivity index (χ1v) is 5.42. The molecule has 1 atom stereocenters. The lowest BCUT2D eigenvalue weighted by molar-refractivity contribution is -0.402. The van der Waals surface area contributed by atoms with Gasteiger partial charge in [-0.2, -0.15) is 0 Å². The number of rotatable bonds is 3. The summed E-state index contributed by atoms with van der Waals surface area (Å²) in [6.07, 6.45) is 0. The molecule has 8 heteroatoms. The third-order valence-corrected chi connectivity index (χ3v) is 2.80. The van der Waals surface area contributed by atoms with Gasteiger partial charge in [-0.25, -0.2) is 8.78 Å². The van der Waals surface area contributed by atoms with Gasteiger partial charge in [0.15, 0.2) is 11.6 Å². The minimum absolute atomic E-state index is 0.0274. The molecule has 0 bridgehead atoms. The maximum Gasteiger partial charge on any atom is 0.433 e. The minimum Gasteiger partial charge on any atom is -0.404 e. The monoisotopic (exact) mass is 288 g/mol. The SMILES string of the molecule is NC(c1ccc([N+](=O)[O-])o1)c1cc(F)c(F)cc1Cl. The molecule has 100 valence electrons. The van der Waals surface area contributed by atoms with E-state index in [9.17, 15) is 18.9 Å². The van der Waals surface area contributed by atoms with E-state index in [4.69, 9.17) is 21.8 Å². The zero-order valence-electron chi connectivity index (χ0n) is 9.27. The fourth-order valence-corrected chi connectivity index (χ4v) is 1.80. The van der Waals surface area contributed by atoms with Gasteiger partial charge in [-0.1, -0.05) is 11.6 Å². The van der Waals surface area contributed by atoms with Gasteiger partial charge in [0.2, 0.25) is 0 Å². The molecule has 0 fully saturated rings. The number of hydrogen-bond donors (Lipinski definition) is 1. The Balaban J connectivity index is 2.40. The minimum atomic E-state index is -1.11. The molecular weight excluding hydrogens is 282 g/mol. The van der Waals surface area contributed by atoms with Crippen molar-refractivity contribution in [2.24, 2.45) is 5.73 Å². The number of hydrogen-bond acceptors (Lipinski definition) is 4. The molecule has 1 aromatic heterocycles. The fraction of sp³-hybridized carbons (Fsp3) is 0.0909. The lowest BCUT2D eigenvalue weighted by atomic mass is 10.1. The smallest absolute Gasteiger partial charge is 0.404 e. The van der Waals surface area contributed by atoms with Crippen molar-refractivity contribution in [2.75, 3.05) is 0 Å². The summed E-state index contributed by atoms with van der Waals surface area (Å²) in [5.74, 6) is -2.69. The molecule has 0 aliphatic rings. The molecule has 0 radical (unpaired) electrons. The van der Waals surface area contributed by atoms with Crippen LogP contribution in [0.5, 0.6) is 0 Å². The van der Waals surface area contributed by atoms with Crippen LogP contribution in [0.2, 0.25) is 5.02 Å². The van der Waals surface area contributed by atoms with Crippen LogP contribution in [0.4, 0.5) is 14.7 Å². The molecule has 2 rings (SSSR count). The summed E-state index contributed by atoms with van der Waals surface area (Å²) in [5.41, 5.74) is 5.83. The molecule has 1 heterocycles. The maximum absolute atomic E-state index is 13.1. The number of benzene rings is 1. The van der Waals surface area contributed by atoms with Gasteiger partial charge in [0.1, 0.15) is 10.7 Å². The van der Waals surface area contributed by atoms with Crippen LogP contribution in [0.3, 0.4) is 0 Å². The Bertz CT molecular complexity index is 645. The topological polar surface area (TPSA) is 82.3 Å². The highest BCUT2D eigenvalue weighted by Gasteiger charge is 2.21. The van der Waals surface area contributed by atoms with Gasteiger partial charge in [-0.15, -0.1) is 0 Å². The van der Waals surface area contributed by atoms with Gasteiger partial charge in [0, 0.05) is 5.02 Å². The number of furan rings is 1. The van der Waals surface area contributed by atoms with Crippen molar-refractivity contribution in [1.82, 2.24) is 0 Å². The Hall–Kier alpha value is -1.99. The van der Waals surface area contributed by atoms with Crippen molar-refractivity contribution in [3.63, 3.8) is 0 Å². The predicted molar refractivity (Wildman–Crippen MR) is 62.8 cm³/mol. The van der Waals surface area contributed by atoms with Crippen molar-refractivity contribution < 1.29 is 18.1 Å². The van der Waals surface area contributed by atoms with E-state index >= 15 is 0 Å². The third kappa shape index (κ3) is 2.56. The molecule has 1 aromatic carbocycles. The standard InChI is InChI=1S/C11H7ClF2N2O3/c12-6-4-8(14)7(13)3-5(6)11(15)9-1-2-10(19-9)16(17)18/h1-4,11H,15H2. The Morgan fingerprint density at radius 1 is 1.32 bits per heavy atom. The van der Waals surface area contributed by atoms with Gasteiger partial charge in [0.05, 0.1) is 12.1 Å². The van der Waals surface area contributed by atoms with E-state index in [1.165, 1.54) is 6.07 Å². The molecule has 5 nitrogen and oxygen atoms in total. The van der Waals surface area contributed by atoms with E-state index in [1.807, 2.05) is 0 Å². The summed E-state index contributed by atoms with van der Waals surface area (Å²) < 4.78 is 31.0. The zero-order valence-corrected chi connectivity index (χ0v) is 10.0. The van der Waals surface area contributed by atoms with E-state index in [0.717, 1.165) is 18.2 Å². The highest BCUT2D eigenvalue weighted by Crippen LogP contribution is 2.30. The van der Waals surface area contributed by atoms with E-state index < -0.39 is 28.5 Å². The van der Waals surface area contributed by atoms with Crippen molar-refractivity contribution in [3.8, 4) is 0 Å². The van der Waals surface area contributed by atoms with Crippen LogP contribution in [0, 0.1) is 21.7 Å². The molecule has 2 aromatic rings. The van der Waals surface area contributed by atoms with Crippen molar-refractivity contribution in [3.05, 3.63) is 62.4 Å². The number of nitrogens with zero attached hydrogens (tertiary/aromatic N) is 1. The average Bonchev–Trinajstić information content (AvgIpc) is 2.82. The number of nitro groups is 1. The predicted octanol–water partition coefficient (Wildman–Crippen LogP) is 3.17. The van der Waals surface area contributed by atoms with Gasteiger partial charge < -0.3 is 10.2 Å². The highest BCUT2D eigenvalue weighted by atomic mass is 35.5. The second kappa shape index (κ2) is 4.94. The molecule has 0 saturated carbocycles. The van der Waals surface area contributed by atoms with Crippen LogP contribution in [0.1, 0.15) is 17.4 Å². The Kier molecular flexibility index (Phi) is 3.50. The number of halogens is 3. The van der Waals surface area contributed by atoms with Gasteiger partial charge in [-0.3, -0.25) is 10.1 Å². The summed E-state index contributed by atoms with van der Waals surface area (Å²) in [4.78, 5) is 9.74. The summed E-state index contributed by atoms with van der Waals surface area (Å²) in [7, 11) is 0. The average molecular weight is 289 g/mol. The van der Waals surface area contributed by atoms with E-state index in [0.29, 0.717) is 0 Å². The second-order valence-corrected chi connectivity index (χ2v) is 4.11. The first-order valence-electron chi connectivity index (χ1n) is 5.04. The first-order chi connectivity index (χ1) is 8.90. The Morgan fingerprint density at radius 2 is 1.95 bits per heavy atom. The molecule has 0 saturated heterocycles. The third-order valence-electron chi connectivity index (χ3n) is 2.47. The van der Waals surface area contributed by atoms with Gasteiger partial charge >= 0.3 is 5.88 Å². The summed E-state index contributed by atoms with van der Waals surface area (Å²) in [6, 6.07) is 2.97. The van der Waals surface area contributed by atoms with Crippen molar-refractivity contribution >= 4 is 17.5 Å². The van der Waals surface area contributed by atoms with Crippen molar-refractivity contribution in [1.29, 1.82) is 0 Å². The quantitative estimate of drug-likeness (QED) is 0.534. The highest BCUT2D eigenvalue weighted by molar-refractivity contribution is 6.31. The van der Waals surface area contributed by atoms with Crippen LogP contribution in [-0.2, 0) is 0 Å². The van der Waals surface area contributed by atoms with Crippen molar-refractivity contribution in [2.45, 2.75) is 6.04 Å². The second-order valence-electron chi connectivity index (χ2n) is 3.70. The van der Waals surface area contributed by atoms with Gasteiger partial charge in [0.25, 0.3) is 0 Å². The Morgan fingerprint density at radius 3 is 2.53 bits per heavy atom. The Labute approximate surface area is 110 Å². The first kappa shape index (κ1) is 13.4. The largest absolute Gasteiger partial charge is 0.433 e. The molecule has 0 amide bonds. The maximum atomic E-state index is 13.1. The molecule has 0 spiro atoms. The molecule has 2 N–H and O–H groups in total. The van der Waals surface area contributed by atoms with Crippen LogP contribution in [-0.4, -0.2) is 4.92 Å². The molecule has 0 aliphatic heterocycles. The molecular formula is C11H7ClF2N2O3. The van der Waals surface area contributed by atoms with E-state index in [1.54, 1.807) is 0 Å². The molecule has 19 heavy (non-hydrogen) atoms. The van der Waals surface area contributed by atoms with E-state index in [-0.39, 0.29) is 16.3 Å². The summed E-state index contributed by atoms with van der Waals surface area (Å²) >= 11 is 5.75. The normalized spacial score (nSPS) is 12.4. The van der Waals surface area contributed by atoms with E-state index in [2.05, 4.69) is 0 Å². The summed E-state index contributed by atoms with van der Waals surface area (Å²) in [6.45, 7) is 0. The zero-order chi connectivity index (χ0) is 14.2. The van der Waals surface area contributed by atoms with Crippen LogP contribution < -0.4 is 5.73 Å². The number of nitrogens with two attached hydrogens (primary N) is 1. The lowest BCUT2D eigenvalue weighted by Gasteiger charge is -2.11. The van der Waals surface area contributed by atoms with Crippen LogP contribution in [0.15, 0.2) is 28.7 Å².